The van der Waals surface area contributed by atoms with Crippen LogP contribution >= 0.6 is 0 Å². The summed E-state index contributed by atoms with van der Waals surface area (Å²) < 4.78 is 95.8. The zero-order chi connectivity index (χ0) is 23.4. The van der Waals surface area contributed by atoms with Crippen LogP contribution < -0.4 is 5.69 Å². The van der Waals surface area contributed by atoms with Gasteiger partial charge in [0.2, 0.25) is 5.91 Å². The van der Waals surface area contributed by atoms with Crippen molar-refractivity contribution in [3.8, 4) is 0 Å². The molecule has 0 aromatic carbocycles. The molecule has 2 atom stereocenters. The van der Waals surface area contributed by atoms with Crippen LogP contribution in [0.4, 0.5) is 30.7 Å². The van der Waals surface area contributed by atoms with E-state index in [-0.39, 0.29) is 12.4 Å². The van der Waals surface area contributed by atoms with E-state index in [2.05, 4.69) is 10.1 Å². The highest BCUT2D eigenvalue weighted by Crippen LogP contribution is 2.40. The van der Waals surface area contributed by atoms with Gasteiger partial charge >= 0.3 is 11.9 Å². The minimum absolute atomic E-state index is 0.359. The molecule has 2 aromatic heterocycles. The standard InChI is InChI=1S/C18H16F7N5O2/c19-10-5-11(20)12(26-6-10)7-29-16(32)30-13(15(31)28-2-1-17(21,22)8-28)3-9(18(23,24)25)4-14(30)27-29/h5-6,9,13H,1-4,7-8H2/t9-,13-/m1/s1. The van der Waals surface area contributed by atoms with E-state index in [0.717, 1.165) is 9.47 Å². The number of pyridine rings is 1. The first-order valence-electron chi connectivity index (χ1n) is 9.57. The number of likely N-dealkylation sites (tertiary alicyclic amines) is 1. The van der Waals surface area contributed by atoms with Crippen LogP contribution in [0, 0.1) is 17.6 Å². The smallest absolute Gasteiger partial charge is 0.335 e. The summed E-state index contributed by atoms with van der Waals surface area (Å²) in [4.78, 5) is 29.9. The van der Waals surface area contributed by atoms with Crippen molar-refractivity contribution >= 4 is 5.91 Å². The first-order valence-corrected chi connectivity index (χ1v) is 9.57. The number of rotatable bonds is 3. The Balaban J connectivity index is 1.71. The topological polar surface area (TPSA) is 73.0 Å². The maximum Gasteiger partial charge on any atom is 0.392 e. The van der Waals surface area contributed by atoms with Gasteiger partial charge in [0.15, 0.2) is 0 Å². The Labute approximate surface area is 175 Å². The van der Waals surface area contributed by atoms with Crippen LogP contribution in [0.2, 0.25) is 0 Å². The number of fused-ring (bicyclic) bond motifs is 1. The van der Waals surface area contributed by atoms with Gasteiger partial charge in [-0.3, -0.25) is 14.3 Å². The van der Waals surface area contributed by atoms with E-state index >= 15 is 0 Å². The van der Waals surface area contributed by atoms with E-state index in [9.17, 15) is 40.3 Å². The maximum atomic E-state index is 13.9. The van der Waals surface area contributed by atoms with Crippen molar-refractivity contribution in [3.05, 3.63) is 45.9 Å². The normalized spacial score (nSPS) is 22.8. The molecule has 0 radical (unpaired) electrons. The van der Waals surface area contributed by atoms with Crippen molar-refractivity contribution in [2.75, 3.05) is 13.1 Å². The van der Waals surface area contributed by atoms with Crippen molar-refractivity contribution in [3.63, 3.8) is 0 Å². The Morgan fingerprint density at radius 2 is 1.97 bits per heavy atom. The second kappa shape index (κ2) is 7.59. The third kappa shape index (κ3) is 4.09. The zero-order valence-corrected chi connectivity index (χ0v) is 16.3. The number of nitrogens with zero attached hydrogens (tertiary/aromatic N) is 5. The lowest BCUT2D eigenvalue weighted by molar-refractivity contribution is -0.183. The predicted molar refractivity (Wildman–Crippen MR) is 92.8 cm³/mol. The quantitative estimate of drug-likeness (QED) is 0.650. The van der Waals surface area contributed by atoms with Gasteiger partial charge in [-0.25, -0.2) is 27.0 Å². The highest BCUT2D eigenvalue weighted by molar-refractivity contribution is 5.81. The van der Waals surface area contributed by atoms with Crippen molar-refractivity contribution < 1.29 is 35.5 Å². The van der Waals surface area contributed by atoms with Crippen molar-refractivity contribution in [1.29, 1.82) is 0 Å². The van der Waals surface area contributed by atoms with Gasteiger partial charge < -0.3 is 4.90 Å². The van der Waals surface area contributed by atoms with Crippen LogP contribution in [-0.4, -0.2) is 55.3 Å². The summed E-state index contributed by atoms with van der Waals surface area (Å²) in [7, 11) is 0. The number of amides is 1. The number of hydrogen-bond donors (Lipinski definition) is 0. The fourth-order valence-electron chi connectivity index (χ4n) is 4.00. The largest absolute Gasteiger partial charge is 0.392 e. The second-order valence-electron chi connectivity index (χ2n) is 7.87. The average Bonchev–Trinajstić information content (AvgIpc) is 3.21. The molecule has 0 spiro atoms. The summed E-state index contributed by atoms with van der Waals surface area (Å²) in [5.41, 5.74) is -1.41. The molecule has 174 valence electrons. The maximum absolute atomic E-state index is 13.9. The molecule has 1 fully saturated rings. The fourth-order valence-corrected chi connectivity index (χ4v) is 4.00. The Hall–Kier alpha value is -2.93. The van der Waals surface area contributed by atoms with E-state index in [0.29, 0.717) is 16.9 Å². The van der Waals surface area contributed by atoms with E-state index in [1.54, 1.807) is 0 Å². The van der Waals surface area contributed by atoms with E-state index in [1.807, 2.05) is 0 Å². The van der Waals surface area contributed by atoms with Gasteiger partial charge in [-0.1, -0.05) is 0 Å². The molecule has 2 aliphatic rings. The lowest BCUT2D eigenvalue weighted by atomic mass is 9.91. The van der Waals surface area contributed by atoms with Crippen LogP contribution in [0.15, 0.2) is 17.1 Å². The Morgan fingerprint density at radius 3 is 2.56 bits per heavy atom. The SMILES string of the molecule is O=C([C@H]1C[C@@H](C(F)(F)F)Cc2nn(Cc3ncc(F)cc3F)c(=O)n21)N1CCC(F)(F)C1. The number of aromatic nitrogens is 4. The Bertz CT molecular complexity index is 1110. The lowest BCUT2D eigenvalue weighted by Crippen LogP contribution is -2.46. The molecular weight excluding hydrogens is 451 g/mol. The van der Waals surface area contributed by atoms with Gasteiger partial charge in [-0.2, -0.15) is 18.3 Å². The number of alkyl halides is 5. The van der Waals surface area contributed by atoms with Gasteiger partial charge in [-0.05, 0) is 6.42 Å². The van der Waals surface area contributed by atoms with E-state index in [4.69, 9.17) is 0 Å². The molecule has 2 aliphatic heterocycles. The third-order valence-electron chi connectivity index (χ3n) is 5.60. The summed E-state index contributed by atoms with van der Waals surface area (Å²) in [6, 6.07) is -1.17. The monoisotopic (exact) mass is 467 g/mol. The molecule has 0 bridgehead atoms. The van der Waals surface area contributed by atoms with Crippen LogP contribution in [0.25, 0.3) is 0 Å². The van der Waals surface area contributed by atoms with Crippen molar-refractivity contribution in [1.82, 2.24) is 24.2 Å². The van der Waals surface area contributed by atoms with Crippen LogP contribution in [0.1, 0.15) is 30.4 Å². The van der Waals surface area contributed by atoms with Crippen LogP contribution in [0.3, 0.4) is 0 Å². The van der Waals surface area contributed by atoms with Crippen LogP contribution in [-0.2, 0) is 17.8 Å². The molecule has 14 heteroatoms. The molecular formula is C18H16F7N5O2. The first kappa shape index (κ1) is 22.3. The molecule has 4 rings (SSSR count). The average molecular weight is 467 g/mol. The van der Waals surface area contributed by atoms with E-state index in [1.165, 1.54) is 0 Å². The molecule has 4 heterocycles. The summed E-state index contributed by atoms with van der Waals surface area (Å²) in [5.74, 6) is -8.67. The highest BCUT2D eigenvalue weighted by Gasteiger charge is 2.50. The van der Waals surface area contributed by atoms with Gasteiger partial charge in [0.05, 0.1) is 30.9 Å². The second-order valence-corrected chi connectivity index (χ2v) is 7.87. The number of hydrogen-bond acceptors (Lipinski definition) is 4. The molecule has 32 heavy (non-hydrogen) atoms. The van der Waals surface area contributed by atoms with Gasteiger partial charge in [-0.15, -0.1) is 0 Å². The first-order chi connectivity index (χ1) is 14.9. The molecule has 7 nitrogen and oxygen atoms in total. The Kier molecular flexibility index (Phi) is 5.28. The number of carbonyl (C=O) groups is 1. The Morgan fingerprint density at radius 1 is 1.25 bits per heavy atom. The molecule has 0 N–H and O–H groups in total. The molecule has 1 amide bonds. The van der Waals surface area contributed by atoms with Crippen LogP contribution in [0.5, 0.6) is 0 Å². The van der Waals surface area contributed by atoms with E-state index < -0.39 is 85.3 Å². The minimum atomic E-state index is -4.72. The van der Waals surface area contributed by atoms with Gasteiger partial charge in [0.25, 0.3) is 5.92 Å². The van der Waals surface area contributed by atoms with Crippen molar-refractivity contribution in [2.45, 2.75) is 43.9 Å². The highest BCUT2D eigenvalue weighted by atomic mass is 19.4. The molecule has 0 unspecified atom stereocenters. The fraction of sp³-hybridized carbons (Fsp3) is 0.556. The predicted octanol–water partition coefficient (Wildman–Crippen LogP) is 2.30. The number of carbonyl (C=O) groups excluding carboxylic acids is 1. The van der Waals surface area contributed by atoms with Crippen molar-refractivity contribution in [2.24, 2.45) is 5.92 Å². The minimum Gasteiger partial charge on any atom is -0.335 e. The summed E-state index contributed by atoms with van der Waals surface area (Å²) >= 11 is 0. The molecule has 0 saturated carbocycles. The van der Waals surface area contributed by atoms with Gasteiger partial charge in [0, 0.05) is 25.5 Å². The zero-order valence-electron chi connectivity index (χ0n) is 16.3. The lowest BCUT2D eigenvalue weighted by Gasteiger charge is -2.32. The molecule has 2 aromatic rings. The summed E-state index contributed by atoms with van der Waals surface area (Å²) in [5, 5.41) is 3.81. The number of halogens is 7. The molecule has 1 saturated heterocycles. The third-order valence-corrected chi connectivity index (χ3v) is 5.60. The summed E-state index contributed by atoms with van der Waals surface area (Å²) in [6.07, 6.45) is -6.19. The van der Waals surface area contributed by atoms with Gasteiger partial charge in [0.1, 0.15) is 23.5 Å². The summed E-state index contributed by atoms with van der Waals surface area (Å²) in [6.45, 7) is -1.94. The molecule has 0 aliphatic carbocycles.